The smallest absolute Gasteiger partial charge is 0.345 e. The van der Waals surface area contributed by atoms with Gasteiger partial charge >= 0.3 is 11.7 Å². The molecular formula is C16H8Cl2N2O4. The van der Waals surface area contributed by atoms with Gasteiger partial charge in [0, 0.05) is 22.7 Å². The molecule has 0 spiro atoms. The Kier molecular flexibility index (Phi) is 4.33. The van der Waals surface area contributed by atoms with Crippen LogP contribution in [-0.4, -0.2) is 15.9 Å². The van der Waals surface area contributed by atoms with Crippen molar-refractivity contribution in [1.29, 1.82) is 0 Å². The molecule has 1 aromatic heterocycles. The molecule has 0 N–H and O–H groups in total. The summed E-state index contributed by atoms with van der Waals surface area (Å²) < 4.78 is 5.26. The molecule has 3 aromatic rings. The monoisotopic (exact) mass is 362 g/mol. The van der Waals surface area contributed by atoms with E-state index in [1.54, 1.807) is 12.1 Å². The Hall–Kier alpha value is -2.70. The van der Waals surface area contributed by atoms with Crippen LogP contribution in [-0.2, 0) is 0 Å². The second kappa shape index (κ2) is 6.43. The molecule has 0 fully saturated rings. The first kappa shape index (κ1) is 16.2. The Morgan fingerprint density at radius 2 is 1.96 bits per heavy atom. The number of hydrogen-bond donors (Lipinski definition) is 0. The Morgan fingerprint density at radius 1 is 1.17 bits per heavy atom. The van der Waals surface area contributed by atoms with E-state index in [4.69, 9.17) is 27.9 Å². The summed E-state index contributed by atoms with van der Waals surface area (Å²) in [5.74, 6) is -1.06. The topological polar surface area (TPSA) is 82.3 Å². The Bertz CT molecular complexity index is 975. The van der Waals surface area contributed by atoms with Gasteiger partial charge in [0.25, 0.3) is 0 Å². The predicted octanol–water partition coefficient (Wildman–Crippen LogP) is 4.67. The Morgan fingerprint density at radius 3 is 2.67 bits per heavy atom. The average Bonchev–Trinajstić information content (AvgIpc) is 2.54. The molecule has 0 aliphatic heterocycles. The number of hydrogen-bond acceptors (Lipinski definition) is 5. The van der Waals surface area contributed by atoms with Crippen LogP contribution in [0.1, 0.15) is 10.4 Å². The highest BCUT2D eigenvalue weighted by Crippen LogP contribution is 2.35. The maximum absolute atomic E-state index is 12.4. The van der Waals surface area contributed by atoms with Crippen molar-refractivity contribution in [1.82, 2.24) is 4.98 Å². The van der Waals surface area contributed by atoms with Gasteiger partial charge in [-0.25, -0.2) is 4.79 Å². The molecule has 0 aliphatic rings. The lowest BCUT2D eigenvalue weighted by molar-refractivity contribution is -0.385. The van der Waals surface area contributed by atoms with E-state index in [1.165, 1.54) is 36.5 Å². The lowest BCUT2D eigenvalue weighted by atomic mass is 10.1. The maximum atomic E-state index is 12.4. The number of ether oxygens (including phenoxy) is 1. The van der Waals surface area contributed by atoms with E-state index >= 15 is 0 Å². The summed E-state index contributed by atoms with van der Waals surface area (Å²) in [5, 5.41) is 12.3. The zero-order valence-electron chi connectivity index (χ0n) is 11.9. The first-order valence-electron chi connectivity index (χ1n) is 6.66. The molecule has 0 unspecified atom stereocenters. The number of carbonyl (C=O) groups excluding carboxylic acids is 1. The van der Waals surface area contributed by atoms with E-state index in [0.29, 0.717) is 10.4 Å². The van der Waals surface area contributed by atoms with E-state index in [0.717, 1.165) is 0 Å². The van der Waals surface area contributed by atoms with Crippen LogP contribution in [0.4, 0.5) is 5.69 Å². The van der Waals surface area contributed by atoms with Crippen LogP contribution in [0.5, 0.6) is 5.75 Å². The molecule has 6 nitrogen and oxygen atoms in total. The van der Waals surface area contributed by atoms with Crippen LogP contribution >= 0.6 is 23.2 Å². The number of esters is 1. The summed E-state index contributed by atoms with van der Waals surface area (Å²) in [7, 11) is 0. The SMILES string of the molecule is O=C(Oc1c([N+](=O)[O-])ccc2cccnc12)c1ccc(Cl)cc1Cl. The maximum Gasteiger partial charge on any atom is 0.345 e. The van der Waals surface area contributed by atoms with Crippen LogP contribution < -0.4 is 4.74 Å². The lowest BCUT2D eigenvalue weighted by Gasteiger charge is -2.09. The van der Waals surface area contributed by atoms with Crippen LogP contribution in [0.15, 0.2) is 48.7 Å². The molecule has 0 saturated carbocycles. The standard InChI is InChI=1S/C16H8Cl2N2O4/c17-10-4-5-11(12(18)8-10)16(21)24-15-13(20(22)23)6-3-9-2-1-7-19-14(9)15/h1-8H. The molecule has 0 saturated heterocycles. The number of nitrogens with zero attached hydrogens (tertiary/aromatic N) is 2. The highest BCUT2D eigenvalue weighted by Gasteiger charge is 2.24. The van der Waals surface area contributed by atoms with Crippen molar-refractivity contribution in [3.05, 3.63) is 74.4 Å². The third kappa shape index (κ3) is 3.02. The molecule has 24 heavy (non-hydrogen) atoms. The minimum Gasteiger partial charge on any atom is -0.413 e. The average molecular weight is 363 g/mol. The van der Waals surface area contributed by atoms with Gasteiger partial charge in [-0.2, -0.15) is 0 Å². The van der Waals surface area contributed by atoms with Gasteiger partial charge in [0.2, 0.25) is 5.75 Å². The summed E-state index contributed by atoms with van der Waals surface area (Å²) in [6.07, 6.45) is 1.46. The molecule has 2 aromatic carbocycles. The van der Waals surface area contributed by atoms with Crippen molar-refractivity contribution in [2.45, 2.75) is 0 Å². The molecule has 120 valence electrons. The van der Waals surface area contributed by atoms with Crippen molar-refractivity contribution < 1.29 is 14.5 Å². The zero-order chi connectivity index (χ0) is 17.3. The summed E-state index contributed by atoms with van der Waals surface area (Å²) in [6, 6.07) is 10.4. The van der Waals surface area contributed by atoms with Crippen molar-refractivity contribution in [3.63, 3.8) is 0 Å². The summed E-state index contributed by atoms with van der Waals surface area (Å²) in [4.78, 5) is 27.0. The van der Waals surface area contributed by atoms with Gasteiger partial charge in [0.15, 0.2) is 0 Å². The van der Waals surface area contributed by atoms with Crippen molar-refractivity contribution in [2.24, 2.45) is 0 Å². The number of fused-ring (bicyclic) bond motifs is 1. The number of rotatable bonds is 3. The van der Waals surface area contributed by atoms with E-state index in [-0.39, 0.29) is 27.5 Å². The van der Waals surface area contributed by atoms with Crippen molar-refractivity contribution in [2.75, 3.05) is 0 Å². The molecule has 0 bridgehead atoms. The highest BCUT2D eigenvalue weighted by molar-refractivity contribution is 6.36. The molecule has 0 amide bonds. The zero-order valence-corrected chi connectivity index (χ0v) is 13.4. The van der Waals surface area contributed by atoms with Gasteiger partial charge in [0.05, 0.1) is 15.5 Å². The fraction of sp³-hybridized carbons (Fsp3) is 0. The lowest BCUT2D eigenvalue weighted by Crippen LogP contribution is -2.11. The van der Waals surface area contributed by atoms with Crippen molar-refractivity contribution >= 4 is 45.8 Å². The highest BCUT2D eigenvalue weighted by atomic mass is 35.5. The molecule has 8 heteroatoms. The minimum absolute atomic E-state index is 0.0447. The normalized spacial score (nSPS) is 10.6. The second-order valence-electron chi connectivity index (χ2n) is 4.76. The summed E-state index contributed by atoms with van der Waals surface area (Å²) >= 11 is 11.8. The van der Waals surface area contributed by atoms with Crippen LogP contribution in [0.3, 0.4) is 0 Å². The Labute approximate surface area is 145 Å². The van der Waals surface area contributed by atoms with Gasteiger partial charge in [-0.15, -0.1) is 0 Å². The minimum atomic E-state index is -0.835. The number of carbonyl (C=O) groups is 1. The third-order valence-corrected chi connectivity index (χ3v) is 3.80. The second-order valence-corrected chi connectivity index (χ2v) is 5.60. The first-order chi connectivity index (χ1) is 11.5. The van der Waals surface area contributed by atoms with Crippen molar-refractivity contribution in [3.8, 4) is 5.75 Å². The first-order valence-corrected chi connectivity index (χ1v) is 7.42. The molecule has 1 heterocycles. The van der Waals surface area contributed by atoms with Gasteiger partial charge < -0.3 is 4.74 Å². The number of nitro groups is 1. The third-order valence-electron chi connectivity index (χ3n) is 3.25. The molecule has 0 radical (unpaired) electrons. The molecule has 0 aliphatic carbocycles. The van der Waals surface area contributed by atoms with Crippen LogP contribution in [0.25, 0.3) is 10.9 Å². The number of nitro benzene ring substituents is 1. The fourth-order valence-corrected chi connectivity index (χ4v) is 2.64. The largest absolute Gasteiger partial charge is 0.413 e. The van der Waals surface area contributed by atoms with Gasteiger partial charge in [-0.3, -0.25) is 15.1 Å². The summed E-state index contributed by atoms with van der Waals surface area (Å²) in [5.41, 5.74) is -0.104. The summed E-state index contributed by atoms with van der Waals surface area (Å²) in [6.45, 7) is 0. The number of pyridine rings is 1. The number of halogens is 2. The van der Waals surface area contributed by atoms with Gasteiger partial charge in [0.1, 0.15) is 5.52 Å². The van der Waals surface area contributed by atoms with E-state index in [9.17, 15) is 14.9 Å². The Balaban J connectivity index is 2.10. The van der Waals surface area contributed by atoms with Gasteiger partial charge in [-0.1, -0.05) is 29.3 Å². The number of benzene rings is 2. The molecular weight excluding hydrogens is 355 g/mol. The molecule has 0 atom stereocenters. The van der Waals surface area contributed by atoms with Crippen LogP contribution in [0, 0.1) is 10.1 Å². The quantitative estimate of drug-likeness (QED) is 0.292. The van der Waals surface area contributed by atoms with E-state index < -0.39 is 10.9 Å². The van der Waals surface area contributed by atoms with Crippen LogP contribution in [0.2, 0.25) is 10.0 Å². The van der Waals surface area contributed by atoms with E-state index in [2.05, 4.69) is 4.98 Å². The molecule has 3 rings (SSSR count). The van der Waals surface area contributed by atoms with E-state index in [1.807, 2.05) is 0 Å². The fourth-order valence-electron chi connectivity index (χ4n) is 2.15. The predicted molar refractivity (Wildman–Crippen MR) is 89.8 cm³/mol. The van der Waals surface area contributed by atoms with Gasteiger partial charge in [-0.05, 0) is 30.3 Å². The number of aromatic nitrogens is 1.